The highest BCUT2D eigenvalue weighted by Gasteiger charge is 2.29. The molecule has 9 heteroatoms. The van der Waals surface area contributed by atoms with E-state index in [0.717, 1.165) is 16.7 Å². The molecule has 2 atom stereocenters. The lowest BCUT2D eigenvalue weighted by atomic mass is 9.78. The lowest BCUT2D eigenvalue weighted by molar-refractivity contribution is -0.144. The molecule has 170 valence electrons. The summed E-state index contributed by atoms with van der Waals surface area (Å²) in [6, 6.07) is 5.35. The number of aromatic nitrogens is 1. The van der Waals surface area contributed by atoms with Crippen LogP contribution in [-0.2, 0) is 27.0 Å². The van der Waals surface area contributed by atoms with Crippen LogP contribution < -0.4 is 11.1 Å². The molecular weight excluding hydrogens is 402 g/mol. The number of carbonyl (C=O) groups is 2. The Kier molecular flexibility index (Phi) is 6.82. The van der Waals surface area contributed by atoms with Crippen molar-refractivity contribution in [2.24, 2.45) is 5.73 Å². The lowest BCUT2D eigenvalue weighted by Crippen LogP contribution is -2.47. The molecule has 0 aliphatic carbocycles. The van der Waals surface area contributed by atoms with Crippen molar-refractivity contribution in [1.82, 2.24) is 10.5 Å². The summed E-state index contributed by atoms with van der Waals surface area (Å²) in [5, 5.41) is 36.3. The van der Waals surface area contributed by atoms with E-state index in [1.165, 1.54) is 0 Å². The van der Waals surface area contributed by atoms with Crippen molar-refractivity contribution < 1.29 is 29.4 Å². The van der Waals surface area contributed by atoms with Gasteiger partial charge in [0.25, 0.3) is 5.91 Å². The fraction of sp³-hybridized carbons (Fsp3) is 0.500. The SMILES string of the molecule is CC(C)(C)c1cc(-c2cc(CNC(=O)C(O)C(O)C(N)=O)on2)cc(C(C)(C)C)c1O. The van der Waals surface area contributed by atoms with Crippen LogP contribution in [0.5, 0.6) is 5.75 Å². The molecule has 0 saturated carbocycles. The maximum absolute atomic E-state index is 11.9. The van der Waals surface area contributed by atoms with Gasteiger partial charge < -0.3 is 30.9 Å². The first-order valence-electron chi connectivity index (χ1n) is 9.90. The van der Waals surface area contributed by atoms with Gasteiger partial charge in [0, 0.05) is 22.8 Å². The number of nitrogens with zero attached hydrogens (tertiary/aromatic N) is 1. The van der Waals surface area contributed by atoms with Crippen LogP contribution in [0.3, 0.4) is 0 Å². The van der Waals surface area contributed by atoms with E-state index in [-0.39, 0.29) is 23.1 Å². The molecule has 0 radical (unpaired) electrons. The Bertz CT molecular complexity index is 933. The molecule has 0 bridgehead atoms. The number of aliphatic hydroxyl groups excluding tert-OH is 2. The average molecular weight is 434 g/mol. The van der Waals surface area contributed by atoms with Gasteiger partial charge >= 0.3 is 0 Å². The Hall–Kier alpha value is -2.91. The minimum atomic E-state index is -2.01. The highest BCUT2D eigenvalue weighted by Crippen LogP contribution is 2.41. The monoisotopic (exact) mass is 433 g/mol. The second-order valence-electron chi connectivity index (χ2n) is 9.61. The highest BCUT2D eigenvalue weighted by atomic mass is 16.5. The summed E-state index contributed by atoms with van der Waals surface area (Å²) in [4.78, 5) is 22.8. The molecule has 0 aliphatic heterocycles. The molecule has 9 nitrogen and oxygen atoms in total. The normalized spacial score (nSPS) is 14.2. The van der Waals surface area contributed by atoms with Gasteiger partial charge in [0.05, 0.1) is 6.54 Å². The number of nitrogens with two attached hydrogens (primary N) is 1. The van der Waals surface area contributed by atoms with Crippen molar-refractivity contribution in [3.05, 3.63) is 35.1 Å². The Morgan fingerprint density at radius 2 is 1.55 bits per heavy atom. The van der Waals surface area contributed by atoms with Crippen molar-refractivity contribution in [2.75, 3.05) is 0 Å². The number of primary amides is 1. The molecule has 2 unspecified atom stereocenters. The minimum absolute atomic E-state index is 0.120. The Balaban J connectivity index is 2.30. The third kappa shape index (κ3) is 5.62. The highest BCUT2D eigenvalue weighted by molar-refractivity contribution is 5.89. The molecule has 31 heavy (non-hydrogen) atoms. The number of hydrogen-bond acceptors (Lipinski definition) is 7. The summed E-state index contributed by atoms with van der Waals surface area (Å²) in [6.45, 7) is 11.9. The Morgan fingerprint density at radius 1 is 1.03 bits per heavy atom. The fourth-order valence-corrected chi connectivity index (χ4v) is 3.04. The number of nitrogens with one attached hydrogen (secondary N) is 1. The molecule has 0 saturated heterocycles. The maximum atomic E-state index is 11.9. The number of benzene rings is 1. The van der Waals surface area contributed by atoms with Gasteiger partial charge in [0.15, 0.2) is 18.0 Å². The third-order valence-electron chi connectivity index (χ3n) is 4.88. The number of hydrogen-bond donors (Lipinski definition) is 5. The summed E-state index contributed by atoms with van der Waals surface area (Å²) in [6.07, 6.45) is -3.99. The Labute approximate surface area is 181 Å². The van der Waals surface area contributed by atoms with Gasteiger partial charge in [-0.25, -0.2) is 0 Å². The summed E-state index contributed by atoms with van der Waals surface area (Å²) in [7, 11) is 0. The summed E-state index contributed by atoms with van der Waals surface area (Å²) in [5.74, 6) is -1.63. The number of rotatable bonds is 6. The molecule has 2 rings (SSSR count). The minimum Gasteiger partial charge on any atom is -0.507 e. The summed E-state index contributed by atoms with van der Waals surface area (Å²) in [5.41, 5.74) is 7.06. The fourth-order valence-electron chi connectivity index (χ4n) is 3.04. The van der Waals surface area contributed by atoms with Crippen LogP contribution in [0.25, 0.3) is 11.3 Å². The van der Waals surface area contributed by atoms with Crippen molar-refractivity contribution in [3.63, 3.8) is 0 Å². The molecule has 2 amide bonds. The number of aliphatic hydroxyl groups is 2. The summed E-state index contributed by atoms with van der Waals surface area (Å²) >= 11 is 0. The van der Waals surface area contributed by atoms with Crippen LogP contribution in [0.2, 0.25) is 0 Å². The molecule has 1 aromatic heterocycles. The van der Waals surface area contributed by atoms with E-state index in [2.05, 4.69) is 10.5 Å². The second kappa shape index (κ2) is 8.68. The van der Waals surface area contributed by atoms with E-state index in [1.54, 1.807) is 6.07 Å². The third-order valence-corrected chi connectivity index (χ3v) is 4.88. The first-order chi connectivity index (χ1) is 14.1. The molecule has 0 spiro atoms. The van der Waals surface area contributed by atoms with E-state index in [9.17, 15) is 24.9 Å². The average Bonchev–Trinajstić information content (AvgIpc) is 3.12. The number of amides is 2. The Morgan fingerprint density at radius 3 is 2.00 bits per heavy atom. The van der Waals surface area contributed by atoms with Gasteiger partial charge in [0.1, 0.15) is 11.4 Å². The van der Waals surface area contributed by atoms with E-state index < -0.39 is 24.0 Å². The molecule has 0 fully saturated rings. The smallest absolute Gasteiger partial charge is 0.252 e. The number of carbonyl (C=O) groups excluding carboxylic acids is 2. The summed E-state index contributed by atoms with van der Waals surface area (Å²) < 4.78 is 5.28. The van der Waals surface area contributed by atoms with E-state index in [0.29, 0.717) is 11.5 Å². The van der Waals surface area contributed by atoms with Crippen molar-refractivity contribution in [3.8, 4) is 17.0 Å². The van der Waals surface area contributed by atoms with Crippen LogP contribution in [0.1, 0.15) is 58.4 Å². The number of aromatic hydroxyl groups is 1. The van der Waals surface area contributed by atoms with Gasteiger partial charge in [0.2, 0.25) is 5.91 Å². The first kappa shape index (κ1) is 24.4. The predicted molar refractivity (Wildman–Crippen MR) is 114 cm³/mol. The first-order valence-corrected chi connectivity index (χ1v) is 9.90. The van der Waals surface area contributed by atoms with E-state index >= 15 is 0 Å². The quantitative estimate of drug-likeness (QED) is 0.461. The topological polar surface area (TPSA) is 159 Å². The molecular formula is C22H31N3O6. The van der Waals surface area contributed by atoms with Gasteiger partial charge in [-0.1, -0.05) is 46.7 Å². The van der Waals surface area contributed by atoms with Crippen molar-refractivity contribution in [1.29, 1.82) is 0 Å². The van der Waals surface area contributed by atoms with Crippen LogP contribution >= 0.6 is 0 Å². The zero-order chi connectivity index (χ0) is 23.7. The standard InChI is InChI=1S/C22H31N3O6/c1-21(2,3)13-7-11(8-14(16(13)26)22(4,5)6)15-9-12(31-25-15)10-24-20(30)18(28)17(27)19(23)29/h7-9,17-18,26-28H,10H2,1-6H3,(H2,23,29)(H,24,30). The molecule has 1 aromatic carbocycles. The second-order valence-corrected chi connectivity index (χ2v) is 9.61. The molecule has 2 aromatic rings. The molecule has 1 heterocycles. The van der Waals surface area contributed by atoms with E-state index in [4.69, 9.17) is 10.3 Å². The van der Waals surface area contributed by atoms with Crippen LogP contribution in [0.4, 0.5) is 0 Å². The van der Waals surface area contributed by atoms with Gasteiger partial charge in [-0.2, -0.15) is 0 Å². The molecule has 6 N–H and O–H groups in total. The van der Waals surface area contributed by atoms with E-state index in [1.807, 2.05) is 53.7 Å². The van der Waals surface area contributed by atoms with Crippen molar-refractivity contribution in [2.45, 2.75) is 71.1 Å². The number of phenols is 1. The van der Waals surface area contributed by atoms with Crippen LogP contribution in [0, 0.1) is 0 Å². The largest absolute Gasteiger partial charge is 0.507 e. The van der Waals surface area contributed by atoms with Crippen LogP contribution in [-0.4, -0.2) is 44.5 Å². The van der Waals surface area contributed by atoms with Gasteiger partial charge in [-0.3, -0.25) is 9.59 Å². The predicted octanol–water partition coefficient (Wildman–Crippen LogP) is 1.47. The zero-order valence-electron chi connectivity index (χ0n) is 18.7. The zero-order valence-corrected chi connectivity index (χ0v) is 18.7. The van der Waals surface area contributed by atoms with Crippen LogP contribution in [0.15, 0.2) is 22.7 Å². The molecule has 0 aliphatic rings. The maximum Gasteiger partial charge on any atom is 0.252 e. The lowest BCUT2D eigenvalue weighted by Gasteiger charge is -2.28. The number of phenolic OH excluding ortho intramolecular Hbond substituents is 1. The van der Waals surface area contributed by atoms with Gasteiger partial charge in [-0.05, 0) is 23.0 Å². The van der Waals surface area contributed by atoms with Crippen molar-refractivity contribution >= 4 is 11.8 Å². The van der Waals surface area contributed by atoms with Gasteiger partial charge in [-0.15, -0.1) is 0 Å².